The summed E-state index contributed by atoms with van der Waals surface area (Å²) in [5, 5.41) is 17.5. The van der Waals surface area contributed by atoms with Crippen molar-refractivity contribution in [2.75, 3.05) is 6.54 Å². The molecule has 2 aliphatic rings. The number of aromatic nitrogens is 2. The third-order valence-corrected chi connectivity index (χ3v) is 4.19. The molecular formula is C15H21N5O3. The van der Waals surface area contributed by atoms with Gasteiger partial charge in [-0.2, -0.15) is 10.2 Å². The first-order valence-corrected chi connectivity index (χ1v) is 7.94. The van der Waals surface area contributed by atoms with Gasteiger partial charge in [0.25, 0.3) is 0 Å². The number of carbonyl (C=O) groups excluding carboxylic acids is 2. The maximum atomic E-state index is 12.4. The molecule has 2 amide bonds. The van der Waals surface area contributed by atoms with Gasteiger partial charge in [0.15, 0.2) is 0 Å². The van der Waals surface area contributed by atoms with Gasteiger partial charge in [-0.3, -0.25) is 14.3 Å². The molecule has 23 heavy (non-hydrogen) atoms. The van der Waals surface area contributed by atoms with Gasteiger partial charge in [-0.15, -0.1) is 0 Å². The number of aliphatic hydroxyl groups excluding tert-OH is 1. The smallest absolute Gasteiger partial charge is 0.240 e. The van der Waals surface area contributed by atoms with Gasteiger partial charge in [-0.05, 0) is 25.3 Å². The van der Waals surface area contributed by atoms with Crippen LogP contribution in [0.5, 0.6) is 0 Å². The Balaban J connectivity index is 1.58. The Labute approximate surface area is 134 Å². The average molecular weight is 319 g/mol. The van der Waals surface area contributed by atoms with Crippen molar-refractivity contribution in [1.29, 1.82) is 0 Å². The molecule has 0 radical (unpaired) electrons. The minimum absolute atomic E-state index is 0.0689. The standard InChI is InChI=1S/C15H21N5O3/c21-10-12-8-13-9-19(6-1-7-20(13)18-12)15(23)5-3-11-2-4-14(22)17-16-11/h8,21H,1-7,9-10H2,(H,17,22). The molecule has 0 bridgehead atoms. The van der Waals surface area contributed by atoms with Crippen molar-refractivity contribution >= 4 is 17.5 Å². The van der Waals surface area contributed by atoms with E-state index in [-0.39, 0.29) is 18.4 Å². The SMILES string of the molecule is O=C1CCC(CCC(=O)N2CCCn3nc(CO)cc3C2)=NN1. The molecule has 2 N–H and O–H groups in total. The molecule has 1 aromatic heterocycles. The number of amides is 2. The van der Waals surface area contributed by atoms with Gasteiger partial charge < -0.3 is 10.0 Å². The summed E-state index contributed by atoms with van der Waals surface area (Å²) in [6, 6.07) is 1.85. The normalized spacial score (nSPS) is 18.0. The molecule has 0 atom stereocenters. The van der Waals surface area contributed by atoms with Gasteiger partial charge in [-0.25, -0.2) is 5.43 Å². The van der Waals surface area contributed by atoms with Crippen LogP contribution in [-0.4, -0.2) is 43.9 Å². The van der Waals surface area contributed by atoms with Crippen molar-refractivity contribution in [3.63, 3.8) is 0 Å². The fourth-order valence-corrected chi connectivity index (χ4v) is 2.91. The zero-order valence-electron chi connectivity index (χ0n) is 13.0. The van der Waals surface area contributed by atoms with E-state index >= 15 is 0 Å². The Bertz CT molecular complexity index is 637. The summed E-state index contributed by atoms with van der Waals surface area (Å²) >= 11 is 0. The van der Waals surface area contributed by atoms with E-state index in [1.807, 2.05) is 15.6 Å². The molecule has 0 fully saturated rings. The molecule has 1 aromatic rings. The van der Waals surface area contributed by atoms with Gasteiger partial charge in [0.05, 0.1) is 24.5 Å². The van der Waals surface area contributed by atoms with Crippen molar-refractivity contribution in [1.82, 2.24) is 20.1 Å². The van der Waals surface area contributed by atoms with E-state index in [1.54, 1.807) is 0 Å². The first kappa shape index (κ1) is 15.7. The predicted molar refractivity (Wildman–Crippen MR) is 82.2 cm³/mol. The molecule has 0 unspecified atom stereocenters. The molecule has 0 saturated heterocycles. The number of hydrazone groups is 1. The summed E-state index contributed by atoms with van der Waals surface area (Å²) < 4.78 is 1.87. The molecule has 2 aliphatic heterocycles. The van der Waals surface area contributed by atoms with Crippen molar-refractivity contribution in [3.8, 4) is 0 Å². The number of aryl methyl sites for hydroxylation is 1. The first-order valence-electron chi connectivity index (χ1n) is 7.94. The Morgan fingerprint density at radius 3 is 2.96 bits per heavy atom. The quantitative estimate of drug-likeness (QED) is 0.825. The van der Waals surface area contributed by atoms with Crippen LogP contribution < -0.4 is 5.43 Å². The Hall–Kier alpha value is -2.22. The lowest BCUT2D eigenvalue weighted by molar-refractivity contribution is -0.131. The number of carbonyl (C=O) groups is 2. The highest BCUT2D eigenvalue weighted by atomic mass is 16.3. The topological polar surface area (TPSA) is 99.8 Å². The number of fused-ring (bicyclic) bond motifs is 1. The predicted octanol–water partition coefficient (Wildman–Crippen LogP) is 0.154. The van der Waals surface area contributed by atoms with Crippen LogP contribution in [-0.2, 0) is 29.3 Å². The van der Waals surface area contributed by atoms with E-state index in [0.717, 1.165) is 24.4 Å². The summed E-state index contributed by atoms with van der Waals surface area (Å²) in [5.74, 6) is 0.0188. The van der Waals surface area contributed by atoms with Crippen LogP contribution in [0.4, 0.5) is 0 Å². The van der Waals surface area contributed by atoms with Gasteiger partial charge >= 0.3 is 0 Å². The first-order chi connectivity index (χ1) is 11.2. The Kier molecular flexibility index (Phi) is 4.71. The molecule has 0 spiro atoms. The molecule has 3 rings (SSSR count). The van der Waals surface area contributed by atoms with Crippen molar-refractivity contribution in [2.45, 2.75) is 51.8 Å². The number of hydrogen-bond donors (Lipinski definition) is 2. The maximum Gasteiger partial charge on any atom is 0.240 e. The summed E-state index contributed by atoms with van der Waals surface area (Å²) in [7, 11) is 0. The van der Waals surface area contributed by atoms with Crippen molar-refractivity contribution < 1.29 is 14.7 Å². The highest BCUT2D eigenvalue weighted by Gasteiger charge is 2.21. The van der Waals surface area contributed by atoms with Crippen LogP contribution in [0.1, 0.15) is 43.5 Å². The van der Waals surface area contributed by atoms with Crippen molar-refractivity contribution in [3.05, 3.63) is 17.5 Å². The number of nitrogens with one attached hydrogen (secondary N) is 1. The van der Waals surface area contributed by atoms with Gasteiger partial charge in [-0.1, -0.05) is 0 Å². The zero-order valence-corrected chi connectivity index (χ0v) is 13.0. The summed E-state index contributed by atoms with van der Waals surface area (Å²) in [6.45, 7) is 1.91. The van der Waals surface area contributed by atoms with Crippen LogP contribution in [0.25, 0.3) is 0 Å². The summed E-state index contributed by atoms with van der Waals surface area (Å²) in [4.78, 5) is 25.3. The molecule has 8 heteroatoms. The molecule has 3 heterocycles. The fourth-order valence-electron chi connectivity index (χ4n) is 2.91. The van der Waals surface area contributed by atoms with E-state index in [0.29, 0.717) is 44.5 Å². The van der Waals surface area contributed by atoms with Crippen LogP contribution in [0.3, 0.4) is 0 Å². The molecule has 0 aliphatic carbocycles. The summed E-state index contributed by atoms with van der Waals surface area (Å²) in [6.07, 6.45) is 2.90. The van der Waals surface area contributed by atoms with Crippen LogP contribution in [0.2, 0.25) is 0 Å². The lowest BCUT2D eigenvalue weighted by Gasteiger charge is -2.20. The van der Waals surface area contributed by atoms with Crippen LogP contribution >= 0.6 is 0 Å². The average Bonchev–Trinajstić information content (AvgIpc) is 2.84. The third-order valence-electron chi connectivity index (χ3n) is 4.19. The number of rotatable bonds is 4. The highest BCUT2D eigenvalue weighted by Crippen LogP contribution is 2.16. The molecule has 8 nitrogen and oxygen atoms in total. The largest absolute Gasteiger partial charge is 0.390 e. The van der Waals surface area contributed by atoms with Crippen molar-refractivity contribution in [2.24, 2.45) is 5.10 Å². The number of hydrogen-bond acceptors (Lipinski definition) is 5. The second kappa shape index (κ2) is 6.91. The molecule has 124 valence electrons. The summed E-state index contributed by atoms with van der Waals surface area (Å²) in [5.41, 5.74) is 4.93. The second-order valence-corrected chi connectivity index (χ2v) is 5.89. The molecule has 0 saturated carbocycles. The number of aliphatic hydroxyl groups is 1. The lowest BCUT2D eigenvalue weighted by atomic mass is 10.1. The molecular weight excluding hydrogens is 298 g/mol. The maximum absolute atomic E-state index is 12.4. The monoisotopic (exact) mass is 319 g/mol. The minimum atomic E-state index is -0.0838. The Morgan fingerprint density at radius 2 is 2.22 bits per heavy atom. The van der Waals surface area contributed by atoms with Crippen LogP contribution in [0.15, 0.2) is 11.2 Å². The van der Waals surface area contributed by atoms with E-state index < -0.39 is 0 Å². The number of nitrogens with zero attached hydrogens (tertiary/aromatic N) is 4. The van der Waals surface area contributed by atoms with Gasteiger partial charge in [0.1, 0.15) is 0 Å². The van der Waals surface area contributed by atoms with E-state index in [4.69, 9.17) is 0 Å². The zero-order chi connectivity index (χ0) is 16.2. The van der Waals surface area contributed by atoms with Gasteiger partial charge in [0.2, 0.25) is 11.8 Å². The lowest BCUT2D eigenvalue weighted by Crippen LogP contribution is -2.31. The highest BCUT2D eigenvalue weighted by molar-refractivity contribution is 5.94. The second-order valence-electron chi connectivity index (χ2n) is 5.89. The molecule has 0 aromatic carbocycles. The van der Waals surface area contributed by atoms with E-state index in [9.17, 15) is 14.7 Å². The van der Waals surface area contributed by atoms with Crippen LogP contribution in [0, 0.1) is 0 Å². The fraction of sp³-hybridized carbons (Fsp3) is 0.600. The minimum Gasteiger partial charge on any atom is -0.390 e. The third kappa shape index (κ3) is 3.76. The van der Waals surface area contributed by atoms with Gasteiger partial charge in [0, 0.05) is 31.6 Å². The van der Waals surface area contributed by atoms with E-state index in [1.165, 1.54) is 0 Å². The van der Waals surface area contributed by atoms with E-state index in [2.05, 4.69) is 15.6 Å². The Morgan fingerprint density at radius 1 is 1.35 bits per heavy atom.